The number of amides is 1. The van der Waals surface area contributed by atoms with Crippen LogP contribution in [0.4, 0.5) is 14.9 Å². The Morgan fingerprint density at radius 2 is 1.81 bits per heavy atom. The Morgan fingerprint density at radius 1 is 1.15 bits per heavy atom. The lowest BCUT2D eigenvalue weighted by Gasteiger charge is -2.19. The molecule has 26 heavy (non-hydrogen) atoms. The maximum atomic E-state index is 13.7. The maximum Gasteiger partial charge on any atom is 0.412 e. The van der Waals surface area contributed by atoms with Crippen LogP contribution in [0.2, 0.25) is 0 Å². The molecule has 1 N–H and O–H groups in total. The van der Waals surface area contributed by atoms with Gasteiger partial charge in [0.2, 0.25) is 0 Å². The van der Waals surface area contributed by atoms with E-state index in [-0.39, 0.29) is 5.56 Å². The molecule has 0 aliphatic rings. The predicted octanol–water partition coefficient (Wildman–Crippen LogP) is 5.21. The largest absolute Gasteiger partial charge is 0.444 e. The summed E-state index contributed by atoms with van der Waals surface area (Å²) in [7, 11) is 0. The molecule has 0 aromatic heterocycles. The van der Waals surface area contributed by atoms with Crippen LogP contribution in [0, 0.1) is 29.0 Å². The Hall–Kier alpha value is -2.83. The van der Waals surface area contributed by atoms with Crippen molar-refractivity contribution >= 4 is 27.7 Å². The van der Waals surface area contributed by atoms with E-state index in [1.807, 2.05) is 0 Å². The number of carbonyl (C=O) groups is 1. The van der Waals surface area contributed by atoms with Crippen LogP contribution >= 0.6 is 15.9 Å². The molecular formula is C20H16BrFN2O2. The first-order valence-electron chi connectivity index (χ1n) is 7.69. The first-order chi connectivity index (χ1) is 12.2. The van der Waals surface area contributed by atoms with E-state index < -0.39 is 17.5 Å². The van der Waals surface area contributed by atoms with Crippen LogP contribution in [-0.4, -0.2) is 11.7 Å². The van der Waals surface area contributed by atoms with E-state index >= 15 is 0 Å². The summed E-state index contributed by atoms with van der Waals surface area (Å²) in [6.07, 6.45) is -0.534. The van der Waals surface area contributed by atoms with Crippen molar-refractivity contribution in [1.29, 1.82) is 5.26 Å². The molecule has 2 aromatic rings. The fraction of sp³-hybridized carbons (Fsp3) is 0.200. The summed E-state index contributed by atoms with van der Waals surface area (Å²) in [5, 5.41) is 11.4. The minimum Gasteiger partial charge on any atom is -0.444 e. The Labute approximate surface area is 160 Å². The van der Waals surface area contributed by atoms with Crippen LogP contribution in [0.15, 0.2) is 40.9 Å². The summed E-state index contributed by atoms with van der Waals surface area (Å²) in [6.45, 7) is 5.36. The zero-order valence-corrected chi connectivity index (χ0v) is 16.1. The molecule has 1 amide bonds. The van der Waals surface area contributed by atoms with Crippen LogP contribution in [0.5, 0.6) is 0 Å². The SMILES string of the molecule is CC(C)(C)OC(=O)Nc1ccc(C#Cc2cc(F)c(C#N)cc2Br)cc1. The van der Waals surface area contributed by atoms with Crippen molar-refractivity contribution in [3.63, 3.8) is 0 Å². The van der Waals surface area contributed by atoms with Gasteiger partial charge in [-0.3, -0.25) is 5.32 Å². The second-order valence-corrected chi connectivity index (χ2v) is 7.23. The van der Waals surface area contributed by atoms with E-state index in [1.165, 1.54) is 12.1 Å². The molecular weight excluding hydrogens is 399 g/mol. The maximum absolute atomic E-state index is 13.7. The monoisotopic (exact) mass is 414 g/mol. The van der Waals surface area contributed by atoms with Gasteiger partial charge in [-0.25, -0.2) is 9.18 Å². The zero-order chi connectivity index (χ0) is 19.3. The number of rotatable bonds is 1. The number of nitriles is 1. The third kappa shape index (κ3) is 5.61. The molecule has 0 spiro atoms. The van der Waals surface area contributed by atoms with Crippen molar-refractivity contribution in [2.45, 2.75) is 26.4 Å². The lowest BCUT2D eigenvalue weighted by Crippen LogP contribution is -2.27. The minimum absolute atomic E-state index is 0.0417. The number of carbonyl (C=O) groups excluding carboxylic acids is 1. The molecule has 0 saturated carbocycles. The highest BCUT2D eigenvalue weighted by atomic mass is 79.9. The number of halogens is 2. The Kier molecular flexibility index (Phi) is 6.02. The third-order valence-electron chi connectivity index (χ3n) is 3.05. The highest BCUT2D eigenvalue weighted by Crippen LogP contribution is 2.20. The number of hydrogen-bond donors (Lipinski definition) is 1. The average molecular weight is 415 g/mol. The van der Waals surface area contributed by atoms with E-state index in [0.717, 1.165) is 0 Å². The topological polar surface area (TPSA) is 62.1 Å². The van der Waals surface area contributed by atoms with E-state index in [4.69, 9.17) is 10.00 Å². The second kappa shape index (κ2) is 8.03. The Morgan fingerprint density at radius 3 is 2.38 bits per heavy atom. The van der Waals surface area contributed by atoms with Crippen LogP contribution in [0.3, 0.4) is 0 Å². The highest BCUT2D eigenvalue weighted by molar-refractivity contribution is 9.10. The van der Waals surface area contributed by atoms with Crippen LogP contribution in [0.25, 0.3) is 0 Å². The van der Waals surface area contributed by atoms with Gasteiger partial charge < -0.3 is 4.74 Å². The summed E-state index contributed by atoms with van der Waals surface area (Å²) in [4.78, 5) is 11.7. The van der Waals surface area contributed by atoms with Gasteiger partial charge in [0.15, 0.2) is 0 Å². The van der Waals surface area contributed by atoms with E-state index in [0.29, 0.717) is 21.3 Å². The molecule has 0 bridgehead atoms. The molecule has 0 unspecified atom stereocenters. The number of benzene rings is 2. The summed E-state index contributed by atoms with van der Waals surface area (Å²) in [5.41, 5.74) is 1.10. The predicted molar refractivity (Wildman–Crippen MR) is 101 cm³/mol. The number of anilines is 1. The van der Waals surface area contributed by atoms with E-state index in [9.17, 15) is 9.18 Å². The lowest BCUT2D eigenvalue weighted by atomic mass is 10.1. The van der Waals surface area contributed by atoms with Crippen molar-refractivity contribution in [2.75, 3.05) is 5.32 Å². The third-order valence-corrected chi connectivity index (χ3v) is 3.70. The first-order valence-corrected chi connectivity index (χ1v) is 8.48. The second-order valence-electron chi connectivity index (χ2n) is 6.38. The van der Waals surface area contributed by atoms with Gasteiger partial charge in [0.25, 0.3) is 0 Å². The number of hydrogen-bond acceptors (Lipinski definition) is 3. The highest BCUT2D eigenvalue weighted by Gasteiger charge is 2.16. The zero-order valence-electron chi connectivity index (χ0n) is 14.5. The minimum atomic E-state index is -0.614. The van der Waals surface area contributed by atoms with E-state index in [2.05, 4.69) is 33.1 Å². The first kappa shape index (κ1) is 19.5. The molecule has 0 heterocycles. The summed E-state index contributed by atoms with van der Waals surface area (Å²) in [6, 6.07) is 11.2. The molecule has 6 heteroatoms. The number of nitrogens with zero attached hydrogens (tertiary/aromatic N) is 1. The van der Waals surface area contributed by atoms with Gasteiger partial charge in [0.1, 0.15) is 17.5 Å². The molecule has 0 fully saturated rings. The molecule has 0 aliphatic heterocycles. The molecule has 0 saturated heterocycles. The number of ether oxygens (including phenoxy) is 1. The summed E-state index contributed by atoms with van der Waals surface area (Å²) in [5.74, 6) is 5.15. The van der Waals surface area contributed by atoms with Crippen LogP contribution < -0.4 is 5.32 Å². The van der Waals surface area contributed by atoms with Crippen molar-refractivity contribution in [3.05, 3.63) is 63.4 Å². The quantitative estimate of drug-likeness (QED) is 0.651. The fourth-order valence-electron chi connectivity index (χ4n) is 1.93. The molecule has 0 aliphatic carbocycles. The van der Waals surface area contributed by atoms with Gasteiger partial charge in [-0.1, -0.05) is 11.8 Å². The molecule has 0 radical (unpaired) electrons. The Bertz CT molecular complexity index is 930. The average Bonchev–Trinajstić information content (AvgIpc) is 2.54. The van der Waals surface area contributed by atoms with Crippen molar-refractivity contribution in [2.24, 2.45) is 0 Å². The lowest BCUT2D eigenvalue weighted by molar-refractivity contribution is 0.0636. The molecule has 2 aromatic carbocycles. The van der Waals surface area contributed by atoms with Crippen molar-refractivity contribution < 1.29 is 13.9 Å². The standard InChI is InChI=1S/C20H16BrFN2O2/c1-20(2,3)26-19(25)24-16-8-5-13(6-9-16)4-7-14-11-18(22)15(12-23)10-17(14)21/h5-6,8-11H,1-3H3,(H,24,25). The smallest absolute Gasteiger partial charge is 0.412 e. The number of nitrogens with one attached hydrogen (secondary N) is 1. The van der Waals surface area contributed by atoms with Gasteiger partial charge in [-0.15, -0.1) is 0 Å². The van der Waals surface area contributed by atoms with Gasteiger partial charge in [-0.2, -0.15) is 5.26 Å². The normalized spacial score (nSPS) is 10.3. The summed E-state index contributed by atoms with van der Waals surface area (Å²) >= 11 is 3.28. The fourth-order valence-corrected chi connectivity index (χ4v) is 2.37. The van der Waals surface area contributed by atoms with Crippen LogP contribution in [-0.2, 0) is 4.74 Å². The molecule has 4 nitrogen and oxygen atoms in total. The molecule has 2 rings (SSSR count). The van der Waals surface area contributed by atoms with Crippen molar-refractivity contribution in [3.8, 4) is 17.9 Å². The van der Waals surface area contributed by atoms with E-state index in [1.54, 1.807) is 51.1 Å². The van der Waals surface area contributed by atoms with Gasteiger partial charge in [0, 0.05) is 21.3 Å². The Balaban J connectivity index is 2.12. The summed E-state index contributed by atoms with van der Waals surface area (Å²) < 4.78 is 19.4. The van der Waals surface area contributed by atoms with Crippen molar-refractivity contribution in [1.82, 2.24) is 0 Å². The molecule has 132 valence electrons. The molecule has 0 atom stereocenters. The van der Waals surface area contributed by atoms with Crippen LogP contribution in [0.1, 0.15) is 37.5 Å². The van der Waals surface area contributed by atoms with Gasteiger partial charge in [-0.05, 0) is 73.1 Å². The van der Waals surface area contributed by atoms with Gasteiger partial charge >= 0.3 is 6.09 Å². The van der Waals surface area contributed by atoms with Gasteiger partial charge in [0.05, 0.1) is 5.56 Å².